The van der Waals surface area contributed by atoms with Crippen molar-refractivity contribution in [1.29, 1.82) is 0 Å². The van der Waals surface area contributed by atoms with Crippen LogP contribution in [-0.2, 0) is 0 Å². The molecule has 2 aromatic rings. The number of nitrogens with one attached hydrogen (secondary N) is 2. The lowest BCUT2D eigenvalue weighted by molar-refractivity contribution is 0.0940. The molecule has 0 saturated carbocycles. The first-order chi connectivity index (χ1) is 13.9. The molecule has 0 aliphatic carbocycles. The molecule has 2 amide bonds. The van der Waals surface area contributed by atoms with Gasteiger partial charge in [-0.05, 0) is 62.7 Å². The lowest BCUT2D eigenvalue weighted by Gasteiger charge is -2.23. The van der Waals surface area contributed by atoms with Crippen molar-refractivity contribution >= 4 is 29.1 Å². The van der Waals surface area contributed by atoms with Crippen LogP contribution in [0.1, 0.15) is 46.0 Å². The van der Waals surface area contributed by atoms with Gasteiger partial charge in [-0.15, -0.1) is 0 Å². The Bertz CT molecular complexity index is 919. The maximum atomic E-state index is 14.1. The summed E-state index contributed by atoms with van der Waals surface area (Å²) in [6.45, 7) is 6.57. The number of hydrogen-bond acceptors (Lipinski definition) is 3. The molecule has 3 rings (SSSR count). The molecular formula is C22H25ClFN3O2. The van der Waals surface area contributed by atoms with E-state index in [0.717, 1.165) is 31.5 Å². The number of likely N-dealkylation sites (N-methyl/N-ethyl adjacent to an activating group) is 1. The summed E-state index contributed by atoms with van der Waals surface area (Å²) in [5.74, 6) is -1.58. The maximum Gasteiger partial charge on any atom is 0.258 e. The Kier molecular flexibility index (Phi) is 6.87. The minimum atomic E-state index is -0.768. The van der Waals surface area contributed by atoms with Gasteiger partial charge in [0.15, 0.2) is 5.82 Å². The first-order valence-electron chi connectivity index (χ1n) is 9.79. The number of halogens is 2. The summed E-state index contributed by atoms with van der Waals surface area (Å²) in [6, 6.07) is 9.70. The van der Waals surface area contributed by atoms with E-state index < -0.39 is 11.7 Å². The van der Waals surface area contributed by atoms with Crippen LogP contribution in [0.2, 0.25) is 5.02 Å². The van der Waals surface area contributed by atoms with Crippen LogP contribution in [0, 0.1) is 12.7 Å². The standard InChI is InChI=1S/C22H25ClFN3O2/c1-3-27-11-5-6-16(27)13-25-21(28)15-10-9-14(2)19(12-15)26-22(29)17-7-4-8-18(23)20(17)24/h4,7-10,12,16H,3,5-6,11,13H2,1-2H3,(H,25,28)(H,26,29). The van der Waals surface area contributed by atoms with Crippen molar-refractivity contribution in [2.75, 3.05) is 25.0 Å². The molecular weight excluding hydrogens is 393 g/mol. The molecule has 2 N–H and O–H groups in total. The van der Waals surface area contributed by atoms with Crippen LogP contribution < -0.4 is 10.6 Å². The van der Waals surface area contributed by atoms with Crippen molar-refractivity contribution < 1.29 is 14.0 Å². The highest BCUT2D eigenvalue weighted by Gasteiger charge is 2.23. The van der Waals surface area contributed by atoms with Crippen LogP contribution >= 0.6 is 11.6 Å². The second-order valence-corrected chi connectivity index (χ2v) is 7.63. The molecule has 1 atom stereocenters. The highest BCUT2D eigenvalue weighted by Crippen LogP contribution is 2.22. The Morgan fingerprint density at radius 1 is 1.24 bits per heavy atom. The van der Waals surface area contributed by atoms with Crippen molar-refractivity contribution in [3.05, 3.63) is 63.9 Å². The molecule has 1 fully saturated rings. The van der Waals surface area contributed by atoms with Gasteiger partial charge >= 0.3 is 0 Å². The van der Waals surface area contributed by atoms with E-state index in [1.54, 1.807) is 18.2 Å². The van der Waals surface area contributed by atoms with Crippen molar-refractivity contribution in [2.24, 2.45) is 0 Å². The van der Waals surface area contributed by atoms with Crippen molar-refractivity contribution in [1.82, 2.24) is 10.2 Å². The Balaban J connectivity index is 1.70. The van der Waals surface area contributed by atoms with Gasteiger partial charge in [-0.1, -0.05) is 30.7 Å². The van der Waals surface area contributed by atoms with E-state index in [1.807, 2.05) is 6.92 Å². The summed E-state index contributed by atoms with van der Waals surface area (Å²) in [4.78, 5) is 27.4. The average Bonchev–Trinajstić information content (AvgIpc) is 3.17. The Morgan fingerprint density at radius 2 is 2.03 bits per heavy atom. The molecule has 5 nitrogen and oxygen atoms in total. The molecule has 0 radical (unpaired) electrons. The molecule has 1 aliphatic heterocycles. The molecule has 0 bridgehead atoms. The quantitative estimate of drug-likeness (QED) is 0.738. The van der Waals surface area contributed by atoms with E-state index in [2.05, 4.69) is 22.5 Å². The third-order valence-corrected chi connectivity index (χ3v) is 5.64. The Morgan fingerprint density at radius 3 is 2.79 bits per heavy atom. The number of carbonyl (C=O) groups excluding carboxylic acids is 2. The third-order valence-electron chi connectivity index (χ3n) is 5.35. The lowest BCUT2D eigenvalue weighted by Crippen LogP contribution is -2.40. The molecule has 1 saturated heterocycles. The zero-order valence-corrected chi connectivity index (χ0v) is 17.4. The van der Waals surface area contributed by atoms with Gasteiger partial charge in [0, 0.05) is 23.8 Å². The predicted molar refractivity (Wildman–Crippen MR) is 113 cm³/mol. The van der Waals surface area contributed by atoms with E-state index >= 15 is 0 Å². The van der Waals surface area contributed by atoms with E-state index in [-0.39, 0.29) is 16.5 Å². The number of aryl methyl sites for hydroxylation is 1. The van der Waals surface area contributed by atoms with E-state index in [4.69, 9.17) is 11.6 Å². The summed E-state index contributed by atoms with van der Waals surface area (Å²) >= 11 is 5.76. The van der Waals surface area contributed by atoms with Gasteiger partial charge < -0.3 is 10.6 Å². The number of likely N-dealkylation sites (tertiary alicyclic amines) is 1. The molecule has 0 spiro atoms. The number of benzene rings is 2. The smallest absolute Gasteiger partial charge is 0.258 e. The zero-order valence-electron chi connectivity index (χ0n) is 16.6. The molecule has 1 unspecified atom stereocenters. The minimum Gasteiger partial charge on any atom is -0.350 e. The highest BCUT2D eigenvalue weighted by molar-refractivity contribution is 6.31. The summed E-state index contributed by atoms with van der Waals surface area (Å²) in [6.07, 6.45) is 2.23. The number of hydrogen-bond donors (Lipinski definition) is 2. The van der Waals surface area contributed by atoms with E-state index in [0.29, 0.717) is 23.8 Å². The van der Waals surface area contributed by atoms with Gasteiger partial charge in [0.2, 0.25) is 0 Å². The number of anilines is 1. The summed E-state index contributed by atoms with van der Waals surface area (Å²) < 4.78 is 14.1. The van der Waals surface area contributed by atoms with Crippen LogP contribution in [0.25, 0.3) is 0 Å². The van der Waals surface area contributed by atoms with E-state index in [1.165, 1.54) is 18.2 Å². The van der Waals surface area contributed by atoms with Crippen LogP contribution in [-0.4, -0.2) is 42.4 Å². The highest BCUT2D eigenvalue weighted by atomic mass is 35.5. The summed E-state index contributed by atoms with van der Waals surface area (Å²) in [5, 5.41) is 5.54. The van der Waals surface area contributed by atoms with Crippen LogP contribution in [0.4, 0.5) is 10.1 Å². The number of rotatable bonds is 6. The number of carbonyl (C=O) groups is 2. The van der Waals surface area contributed by atoms with Crippen molar-refractivity contribution in [2.45, 2.75) is 32.7 Å². The zero-order chi connectivity index (χ0) is 21.0. The van der Waals surface area contributed by atoms with Crippen molar-refractivity contribution in [3.8, 4) is 0 Å². The first-order valence-corrected chi connectivity index (χ1v) is 10.2. The van der Waals surface area contributed by atoms with E-state index in [9.17, 15) is 14.0 Å². The van der Waals surface area contributed by atoms with Gasteiger partial charge in [-0.2, -0.15) is 0 Å². The molecule has 2 aromatic carbocycles. The van der Waals surface area contributed by atoms with Crippen LogP contribution in [0.3, 0.4) is 0 Å². The van der Waals surface area contributed by atoms with Gasteiger partial charge in [0.1, 0.15) is 0 Å². The van der Waals surface area contributed by atoms with Crippen LogP contribution in [0.5, 0.6) is 0 Å². The fourth-order valence-electron chi connectivity index (χ4n) is 3.62. The molecule has 0 aromatic heterocycles. The molecule has 1 heterocycles. The minimum absolute atomic E-state index is 0.115. The third kappa shape index (κ3) is 4.95. The molecule has 154 valence electrons. The molecule has 7 heteroatoms. The van der Waals surface area contributed by atoms with Gasteiger partial charge in [-0.25, -0.2) is 4.39 Å². The normalized spacial score (nSPS) is 16.6. The second-order valence-electron chi connectivity index (χ2n) is 7.22. The fourth-order valence-corrected chi connectivity index (χ4v) is 3.80. The predicted octanol–water partition coefficient (Wildman–Crippen LogP) is 4.25. The topological polar surface area (TPSA) is 61.4 Å². The number of amides is 2. The fraction of sp³-hybridized carbons (Fsp3) is 0.364. The summed E-state index contributed by atoms with van der Waals surface area (Å²) in [7, 11) is 0. The van der Waals surface area contributed by atoms with Gasteiger partial charge in [0.05, 0.1) is 10.6 Å². The maximum absolute atomic E-state index is 14.1. The number of nitrogens with zero attached hydrogens (tertiary/aromatic N) is 1. The largest absolute Gasteiger partial charge is 0.350 e. The van der Waals surface area contributed by atoms with Gasteiger partial charge in [-0.3, -0.25) is 14.5 Å². The van der Waals surface area contributed by atoms with Gasteiger partial charge in [0.25, 0.3) is 11.8 Å². The Hall–Kier alpha value is -2.44. The lowest BCUT2D eigenvalue weighted by atomic mass is 10.1. The van der Waals surface area contributed by atoms with Crippen LogP contribution in [0.15, 0.2) is 36.4 Å². The Labute approximate surface area is 175 Å². The monoisotopic (exact) mass is 417 g/mol. The average molecular weight is 418 g/mol. The first kappa shape index (κ1) is 21.3. The second kappa shape index (κ2) is 9.37. The summed E-state index contributed by atoms with van der Waals surface area (Å²) in [5.41, 5.74) is 1.52. The molecule has 29 heavy (non-hydrogen) atoms. The SMILES string of the molecule is CCN1CCCC1CNC(=O)c1ccc(C)c(NC(=O)c2cccc(Cl)c2F)c1. The molecule has 1 aliphatic rings. The van der Waals surface area contributed by atoms with Crippen molar-refractivity contribution in [3.63, 3.8) is 0 Å².